The van der Waals surface area contributed by atoms with E-state index in [2.05, 4.69) is 22.7 Å². The smallest absolute Gasteiger partial charge is 0.227 e. The average molecular weight is 341 g/mol. The third-order valence-corrected chi connectivity index (χ3v) is 4.91. The van der Waals surface area contributed by atoms with E-state index in [0.717, 1.165) is 56.7 Å². The van der Waals surface area contributed by atoms with Gasteiger partial charge in [0.1, 0.15) is 11.6 Å². The van der Waals surface area contributed by atoms with Gasteiger partial charge in [-0.15, -0.1) is 0 Å². The molecule has 1 aromatic carbocycles. The highest BCUT2D eigenvalue weighted by Gasteiger charge is 2.27. The van der Waals surface area contributed by atoms with E-state index in [1.165, 1.54) is 0 Å². The maximum absolute atomic E-state index is 12.7. The number of phenols is 1. The molecule has 5 heteroatoms. The molecule has 3 rings (SSSR count). The highest BCUT2D eigenvalue weighted by Crippen LogP contribution is 2.26. The molecule has 2 aromatic rings. The molecule has 1 N–H and O–H groups in total. The Morgan fingerprint density at radius 2 is 2.28 bits per heavy atom. The lowest BCUT2D eigenvalue weighted by molar-refractivity contribution is -0.131. The molecule has 0 aliphatic carbocycles. The Bertz CT molecular complexity index is 710. The lowest BCUT2D eigenvalue weighted by Crippen LogP contribution is -2.40. The minimum Gasteiger partial charge on any atom is -0.508 e. The average Bonchev–Trinajstić information content (AvgIpc) is 3.08. The molecule has 0 saturated carbocycles. The van der Waals surface area contributed by atoms with Crippen molar-refractivity contribution < 1.29 is 9.90 Å². The number of benzene rings is 1. The summed E-state index contributed by atoms with van der Waals surface area (Å²) in [7, 11) is 0. The number of amides is 1. The molecule has 0 bridgehead atoms. The first-order valence-electron chi connectivity index (χ1n) is 9.24. The third kappa shape index (κ3) is 4.41. The zero-order valence-corrected chi connectivity index (χ0v) is 14.9. The number of carbonyl (C=O) groups is 1. The number of phenolic OH excluding ortho intramolecular Hbond substituents is 1. The summed E-state index contributed by atoms with van der Waals surface area (Å²) in [5.74, 6) is 1.76. The van der Waals surface area contributed by atoms with Crippen molar-refractivity contribution in [1.82, 2.24) is 14.5 Å². The van der Waals surface area contributed by atoms with Crippen LogP contribution in [0.3, 0.4) is 0 Å². The fourth-order valence-corrected chi connectivity index (χ4v) is 3.57. The number of nitrogens with zero attached hydrogens (tertiary/aromatic N) is 3. The van der Waals surface area contributed by atoms with Gasteiger partial charge in [0.2, 0.25) is 5.91 Å². The number of piperidine rings is 1. The number of hydrogen-bond donors (Lipinski definition) is 1. The van der Waals surface area contributed by atoms with Gasteiger partial charge in [-0.3, -0.25) is 4.79 Å². The van der Waals surface area contributed by atoms with Gasteiger partial charge in [0, 0.05) is 37.9 Å². The molecule has 0 radical (unpaired) electrons. The Morgan fingerprint density at radius 1 is 1.40 bits per heavy atom. The van der Waals surface area contributed by atoms with Crippen LogP contribution in [0, 0.1) is 0 Å². The van der Waals surface area contributed by atoms with Crippen LogP contribution >= 0.6 is 0 Å². The van der Waals surface area contributed by atoms with Crippen molar-refractivity contribution in [2.24, 2.45) is 0 Å². The molecule has 5 nitrogen and oxygen atoms in total. The van der Waals surface area contributed by atoms with E-state index in [4.69, 9.17) is 0 Å². The van der Waals surface area contributed by atoms with Crippen LogP contribution in [0.25, 0.3) is 0 Å². The summed E-state index contributed by atoms with van der Waals surface area (Å²) >= 11 is 0. The molecule has 1 aliphatic rings. The Morgan fingerprint density at radius 3 is 3.08 bits per heavy atom. The second-order valence-electron chi connectivity index (χ2n) is 6.86. The Balaban J connectivity index is 1.64. The number of aromatic nitrogens is 2. The van der Waals surface area contributed by atoms with Gasteiger partial charge in [-0.05, 0) is 37.0 Å². The van der Waals surface area contributed by atoms with E-state index in [1.54, 1.807) is 18.2 Å². The summed E-state index contributed by atoms with van der Waals surface area (Å²) < 4.78 is 2.25. The quantitative estimate of drug-likeness (QED) is 0.877. The molecule has 2 heterocycles. The van der Waals surface area contributed by atoms with E-state index in [-0.39, 0.29) is 11.7 Å². The summed E-state index contributed by atoms with van der Waals surface area (Å²) in [5, 5.41) is 9.57. The highest BCUT2D eigenvalue weighted by atomic mass is 16.3. The minimum absolute atomic E-state index is 0.127. The molecule has 134 valence electrons. The lowest BCUT2D eigenvalue weighted by Gasteiger charge is -2.33. The van der Waals surface area contributed by atoms with Crippen molar-refractivity contribution in [3.63, 3.8) is 0 Å². The van der Waals surface area contributed by atoms with Crippen LogP contribution in [-0.2, 0) is 17.8 Å². The summed E-state index contributed by atoms with van der Waals surface area (Å²) in [4.78, 5) is 19.2. The number of hydrogen-bond acceptors (Lipinski definition) is 3. The summed E-state index contributed by atoms with van der Waals surface area (Å²) in [5.41, 5.74) is 0.858. The predicted molar refractivity (Wildman–Crippen MR) is 97.5 cm³/mol. The monoisotopic (exact) mass is 341 g/mol. The molecule has 1 atom stereocenters. The summed E-state index contributed by atoms with van der Waals surface area (Å²) in [6.07, 6.45) is 8.67. The number of carbonyl (C=O) groups excluding carboxylic acids is 1. The Labute approximate surface area is 149 Å². The Kier molecular flexibility index (Phi) is 5.74. The van der Waals surface area contributed by atoms with Crippen molar-refractivity contribution in [2.45, 2.75) is 51.5 Å². The van der Waals surface area contributed by atoms with Crippen LogP contribution in [0.4, 0.5) is 0 Å². The van der Waals surface area contributed by atoms with Crippen LogP contribution < -0.4 is 0 Å². The van der Waals surface area contributed by atoms with Gasteiger partial charge < -0.3 is 14.6 Å². The van der Waals surface area contributed by atoms with Gasteiger partial charge in [-0.25, -0.2) is 4.98 Å². The molecular weight excluding hydrogens is 314 g/mol. The summed E-state index contributed by atoms with van der Waals surface area (Å²) in [6, 6.07) is 6.95. The van der Waals surface area contributed by atoms with Crippen molar-refractivity contribution >= 4 is 5.91 Å². The van der Waals surface area contributed by atoms with Crippen molar-refractivity contribution in [3.05, 3.63) is 48.0 Å². The normalized spacial score (nSPS) is 17.6. The second kappa shape index (κ2) is 8.19. The molecule has 1 amide bonds. The first-order chi connectivity index (χ1) is 12.2. The lowest BCUT2D eigenvalue weighted by atomic mass is 9.96. The number of likely N-dealkylation sites (tertiary alicyclic amines) is 1. The van der Waals surface area contributed by atoms with E-state index in [9.17, 15) is 9.90 Å². The van der Waals surface area contributed by atoms with Crippen LogP contribution in [0.2, 0.25) is 0 Å². The maximum Gasteiger partial charge on any atom is 0.227 e. The van der Waals surface area contributed by atoms with Crippen molar-refractivity contribution in [2.75, 3.05) is 13.1 Å². The van der Waals surface area contributed by atoms with E-state index >= 15 is 0 Å². The molecule has 1 aromatic heterocycles. The number of rotatable bonds is 6. The van der Waals surface area contributed by atoms with Gasteiger partial charge in [0.05, 0.1) is 6.42 Å². The van der Waals surface area contributed by atoms with Crippen LogP contribution in [0.15, 0.2) is 36.7 Å². The van der Waals surface area contributed by atoms with E-state index in [1.807, 2.05) is 17.2 Å². The predicted octanol–water partition coefficient (Wildman–Crippen LogP) is 3.34. The van der Waals surface area contributed by atoms with Crippen molar-refractivity contribution in [3.8, 4) is 5.75 Å². The standard InChI is InChI=1S/C20H27N3O2/c1-2-3-10-22-12-9-21-20(22)17-7-5-11-23(15-17)19(25)14-16-6-4-8-18(24)13-16/h4,6,8-9,12-13,17,24H,2-3,5,7,10-11,14-15H2,1H3/t17-/m0/s1. The topological polar surface area (TPSA) is 58.4 Å². The van der Waals surface area contributed by atoms with Gasteiger partial charge in [-0.2, -0.15) is 0 Å². The van der Waals surface area contributed by atoms with E-state index < -0.39 is 0 Å². The molecular formula is C20H27N3O2. The van der Waals surface area contributed by atoms with Gasteiger partial charge in [-0.1, -0.05) is 25.5 Å². The van der Waals surface area contributed by atoms with Crippen LogP contribution in [-0.4, -0.2) is 38.6 Å². The van der Waals surface area contributed by atoms with Gasteiger partial charge >= 0.3 is 0 Å². The molecule has 1 fully saturated rings. The Hall–Kier alpha value is -2.30. The molecule has 1 saturated heterocycles. The SMILES string of the molecule is CCCCn1ccnc1[C@H]1CCCN(C(=O)Cc2cccc(O)c2)C1. The zero-order valence-electron chi connectivity index (χ0n) is 14.9. The molecule has 1 aliphatic heterocycles. The van der Waals surface area contributed by atoms with Crippen molar-refractivity contribution in [1.29, 1.82) is 0 Å². The fourth-order valence-electron chi connectivity index (χ4n) is 3.57. The minimum atomic E-state index is 0.127. The first kappa shape index (κ1) is 17.5. The van der Waals surface area contributed by atoms with Crippen LogP contribution in [0.5, 0.6) is 5.75 Å². The third-order valence-electron chi connectivity index (χ3n) is 4.91. The number of aryl methyl sites for hydroxylation is 1. The highest BCUT2D eigenvalue weighted by molar-refractivity contribution is 5.79. The van der Waals surface area contributed by atoms with Crippen LogP contribution in [0.1, 0.15) is 49.9 Å². The number of imidazole rings is 1. The molecule has 0 spiro atoms. The zero-order chi connectivity index (χ0) is 17.6. The molecule has 0 unspecified atom stereocenters. The maximum atomic E-state index is 12.7. The number of aromatic hydroxyl groups is 1. The van der Waals surface area contributed by atoms with Gasteiger partial charge in [0.15, 0.2) is 0 Å². The van der Waals surface area contributed by atoms with Gasteiger partial charge in [0.25, 0.3) is 0 Å². The number of unbranched alkanes of at least 4 members (excludes halogenated alkanes) is 1. The molecule has 25 heavy (non-hydrogen) atoms. The largest absolute Gasteiger partial charge is 0.508 e. The van der Waals surface area contributed by atoms with E-state index in [0.29, 0.717) is 12.3 Å². The summed E-state index contributed by atoms with van der Waals surface area (Å²) in [6.45, 7) is 4.74. The fraction of sp³-hybridized carbons (Fsp3) is 0.500. The second-order valence-corrected chi connectivity index (χ2v) is 6.86. The first-order valence-corrected chi connectivity index (χ1v) is 9.24.